The van der Waals surface area contributed by atoms with E-state index in [4.69, 9.17) is 14.6 Å². The van der Waals surface area contributed by atoms with Crippen LogP contribution in [0.3, 0.4) is 0 Å². The summed E-state index contributed by atoms with van der Waals surface area (Å²) in [6.07, 6.45) is 2.97. The maximum atomic E-state index is 12.7. The number of Topliss-reactive ketones (excluding diaryl/α,β-unsaturated/α-hetero) is 1. The average molecular weight is 367 g/mol. The standard InChI is InChI=1S/C19H17N3O5/c1-11-21-15(13-7-8-26-10-13)17(27-11)19(25)22-14(16(23)18(20)24)9-12-5-3-2-4-6-12/h2-8,10,14H,9H2,1H3,(H2,20,24)(H,22,25). The van der Waals surface area contributed by atoms with E-state index in [9.17, 15) is 14.4 Å². The van der Waals surface area contributed by atoms with E-state index in [-0.39, 0.29) is 23.8 Å². The van der Waals surface area contributed by atoms with Crippen LogP contribution in [0.4, 0.5) is 0 Å². The number of amides is 2. The number of aryl methyl sites for hydroxylation is 1. The normalized spacial score (nSPS) is 11.7. The molecule has 8 nitrogen and oxygen atoms in total. The number of carbonyl (C=O) groups is 3. The molecule has 2 amide bonds. The van der Waals surface area contributed by atoms with Gasteiger partial charge in [0.2, 0.25) is 11.5 Å². The van der Waals surface area contributed by atoms with E-state index in [1.807, 2.05) is 6.07 Å². The molecule has 8 heteroatoms. The third kappa shape index (κ3) is 4.12. The summed E-state index contributed by atoms with van der Waals surface area (Å²) in [5.41, 5.74) is 6.73. The van der Waals surface area contributed by atoms with Crippen molar-refractivity contribution in [3.05, 3.63) is 66.1 Å². The summed E-state index contributed by atoms with van der Waals surface area (Å²) in [5, 5.41) is 2.52. The highest BCUT2D eigenvalue weighted by Gasteiger charge is 2.29. The molecule has 0 saturated carbocycles. The van der Waals surface area contributed by atoms with Gasteiger partial charge in [-0.05, 0) is 11.6 Å². The van der Waals surface area contributed by atoms with Crippen LogP contribution in [0, 0.1) is 6.92 Å². The van der Waals surface area contributed by atoms with Gasteiger partial charge in [-0.3, -0.25) is 14.4 Å². The molecule has 0 spiro atoms. The van der Waals surface area contributed by atoms with Crippen molar-refractivity contribution in [1.29, 1.82) is 0 Å². The fraction of sp³-hybridized carbons (Fsp3) is 0.158. The van der Waals surface area contributed by atoms with Gasteiger partial charge >= 0.3 is 0 Å². The molecule has 1 unspecified atom stereocenters. The molecule has 1 atom stereocenters. The lowest BCUT2D eigenvalue weighted by atomic mass is 10.0. The van der Waals surface area contributed by atoms with E-state index < -0.39 is 23.6 Å². The topological polar surface area (TPSA) is 128 Å². The second kappa shape index (κ2) is 7.69. The Morgan fingerprint density at radius 3 is 2.56 bits per heavy atom. The number of nitrogens with two attached hydrogens (primary N) is 1. The molecule has 0 aliphatic rings. The second-order valence-corrected chi connectivity index (χ2v) is 5.87. The lowest BCUT2D eigenvalue weighted by Crippen LogP contribution is -2.47. The summed E-state index contributed by atoms with van der Waals surface area (Å²) >= 11 is 0. The number of oxazole rings is 1. The lowest BCUT2D eigenvalue weighted by molar-refractivity contribution is -0.137. The largest absolute Gasteiger partial charge is 0.472 e. The molecule has 138 valence electrons. The number of carbonyl (C=O) groups excluding carboxylic acids is 3. The summed E-state index contributed by atoms with van der Waals surface area (Å²) in [6, 6.07) is 9.47. The van der Waals surface area contributed by atoms with Crippen LogP contribution in [0.1, 0.15) is 22.0 Å². The zero-order chi connectivity index (χ0) is 19.4. The molecule has 0 fully saturated rings. The van der Waals surface area contributed by atoms with Gasteiger partial charge in [0, 0.05) is 18.9 Å². The molecule has 0 radical (unpaired) electrons. The van der Waals surface area contributed by atoms with Crippen LogP contribution in [-0.2, 0) is 16.0 Å². The third-order valence-corrected chi connectivity index (χ3v) is 3.88. The van der Waals surface area contributed by atoms with E-state index in [0.717, 1.165) is 5.56 Å². The SMILES string of the molecule is Cc1nc(-c2ccoc2)c(C(=O)NC(Cc2ccccc2)C(=O)C(N)=O)o1. The van der Waals surface area contributed by atoms with Gasteiger partial charge in [0.15, 0.2) is 5.89 Å². The molecule has 0 bridgehead atoms. The van der Waals surface area contributed by atoms with Gasteiger partial charge in [-0.25, -0.2) is 4.98 Å². The molecule has 0 aliphatic heterocycles. The quantitative estimate of drug-likeness (QED) is 0.611. The number of benzene rings is 1. The van der Waals surface area contributed by atoms with Crippen LogP contribution in [-0.4, -0.2) is 28.6 Å². The Hall–Kier alpha value is -3.68. The molecule has 27 heavy (non-hydrogen) atoms. The molecular weight excluding hydrogens is 350 g/mol. The summed E-state index contributed by atoms with van der Waals surface area (Å²) < 4.78 is 10.4. The highest BCUT2D eigenvalue weighted by atomic mass is 16.4. The van der Waals surface area contributed by atoms with Gasteiger partial charge in [0.1, 0.15) is 11.7 Å². The Bertz CT molecular complexity index is 961. The average Bonchev–Trinajstić information content (AvgIpc) is 3.30. The number of primary amides is 1. The van der Waals surface area contributed by atoms with Crippen molar-refractivity contribution >= 4 is 17.6 Å². The number of hydrogen-bond acceptors (Lipinski definition) is 6. The maximum absolute atomic E-state index is 12.7. The predicted molar refractivity (Wildman–Crippen MR) is 94.5 cm³/mol. The van der Waals surface area contributed by atoms with Gasteiger partial charge in [0.05, 0.1) is 12.5 Å². The van der Waals surface area contributed by atoms with Crippen molar-refractivity contribution in [2.24, 2.45) is 5.73 Å². The Morgan fingerprint density at radius 2 is 1.93 bits per heavy atom. The third-order valence-electron chi connectivity index (χ3n) is 3.88. The van der Waals surface area contributed by atoms with Crippen molar-refractivity contribution < 1.29 is 23.2 Å². The van der Waals surface area contributed by atoms with Crippen molar-refractivity contribution in [3.63, 3.8) is 0 Å². The molecule has 3 N–H and O–H groups in total. The van der Waals surface area contributed by atoms with Gasteiger partial charge in [-0.2, -0.15) is 0 Å². The van der Waals surface area contributed by atoms with Gasteiger partial charge in [-0.15, -0.1) is 0 Å². The molecule has 3 aromatic rings. The van der Waals surface area contributed by atoms with Gasteiger partial charge < -0.3 is 19.9 Å². The van der Waals surface area contributed by atoms with Crippen LogP contribution in [0.25, 0.3) is 11.3 Å². The van der Waals surface area contributed by atoms with E-state index in [2.05, 4.69) is 10.3 Å². The molecule has 2 aromatic heterocycles. The number of rotatable bonds is 7. The smallest absolute Gasteiger partial charge is 0.290 e. The highest BCUT2D eigenvalue weighted by Crippen LogP contribution is 2.24. The number of nitrogens with one attached hydrogen (secondary N) is 1. The van der Waals surface area contributed by atoms with Gasteiger partial charge in [-0.1, -0.05) is 30.3 Å². The first kappa shape index (κ1) is 18.1. The van der Waals surface area contributed by atoms with Crippen LogP contribution >= 0.6 is 0 Å². The van der Waals surface area contributed by atoms with Gasteiger partial charge in [0.25, 0.3) is 11.8 Å². The van der Waals surface area contributed by atoms with Crippen molar-refractivity contribution in [3.8, 4) is 11.3 Å². The summed E-state index contributed by atoms with van der Waals surface area (Å²) in [6.45, 7) is 1.59. The van der Waals surface area contributed by atoms with Crippen molar-refractivity contribution in [1.82, 2.24) is 10.3 Å². The Morgan fingerprint density at radius 1 is 1.19 bits per heavy atom. The van der Waals surface area contributed by atoms with E-state index in [0.29, 0.717) is 5.56 Å². The second-order valence-electron chi connectivity index (χ2n) is 5.87. The summed E-state index contributed by atoms with van der Waals surface area (Å²) in [5.74, 6) is -2.50. The maximum Gasteiger partial charge on any atom is 0.290 e. The molecule has 0 saturated heterocycles. The van der Waals surface area contributed by atoms with Crippen LogP contribution in [0.2, 0.25) is 0 Å². The van der Waals surface area contributed by atoms with Crippen molar-refractivity contribution in [2.75, 3.05) is 0 Å². The Labute approximate surface area is 154 Å². The molecule has 2 heterocycles. The molecule has 1 aromatic carbocycles. The molecular formula is C19H17N3O5. The van der Waals surface area contributed by atoms with Crippen LogP contribution in [0.15, 0.2) is 57.8 Å². The number of nitrogens with zero attached hydrogens (tertiary/aromatic N) is 1. The first-order chi connectivity index (χ1) is 13.0. The first-order valence-corrected chi connectivity index (χ1v) is 8.14. The van der Waals surface area contributed by atoms with Crippen molar-refractivity contribution in [2.45, 2.75) is 19.4 Å². The Balaban J connectivity index is 1.87. The van der Waals surface area contributed by atoms with E-state index in [1.165, 1.54) is 12.5 Å². The fourth-order valence-electron chi connectivity index (χ4n) is 2.63. The minimum absolute atomic E-state index is 0.0794. The molecule has 0 aliphatic carbocycles. The zero-order valence-electron chi connectivity index (χ0n) is 14.5. The zero-order valence-corrected chi connectivity index (χ0v) is 14.5. The fourth-order valence-corrected chi connectivity index (χ4v) is 2.63. The summed E-state index contributed by atoms with van der Waals surface area (Å²) in [4.78, 5) is 40.5. The van der Waals surface area contributed by atoms with Crippen LogP contribution in [0.5, 0.6) is 0 Å². The summed E-state index contributed by atoms with van der Waals surface area (Å²) in [7, 11) is 0. The van der Waals surface area contributed by atoms with Crippen LogP contribution < -0.4 is 11.1 Å². The number of aromatic nitrogens is 1. The lowest BCUT2D eigenvalue weighted by Gasteiger charge is -2.15. The predicted octanol–water partition coefficient (Wildman–Crippen LogP) is 1.64. The number of hydrogen-bond donors (Lipinski definition) is 2. The number of ketones is 1. The van der Waals surface area contributed by atoms with E-state index in [1.54, 1.807) is 37.3 Å². The first-order valence-electron chi connectivity index (χ1n) is 8.14. The Kier molecular flexibility index (Phi) is 5.16. The van der Waals surface area contributed by atoms with E-state index >= 15 is 0 Å². The highest BCUT2D eigenvalue weighted by molar-refractivity contribution is 6.38. The molecule has 3 rings (SSSR count). The monoisotopic (exact) mass is 367 g/mol. The number of furan rings is 1. The minimum atomic E-state index is -1.12. The minimum Gasteiger partial charge on any atom is -0.472 e.